The summed E-state index contributed by atoms with van der Waals surface area (Å²) < 4.78 is 6.79. The molecule has 2 aromatic carbocycles. The van der Waals surface area contributed by atoms with Crippen molar-refractivity contribution in [2.24, 2.45) is 0 Å². The molecular formula is C21H19N3O2S. The van der Waals surface area contributed by atoms with E-state index in [1.807, 2.05) is 23.1 Å². The molecule has 1 unspecified atom stereocenters. The Hall–Kier alpha value is -2.91. The van der Waals surface area contributed by atoms with Crippen LogP contribution in [0.2, 0.25) is 0 Å². The maximum Gasteiger partial charge on any atom is 0.260 e. The Balaban J connectivity index is 1.38. The molecule has 3 aromatic rings. The lowest BCUT2D eigenvalue weighted by Gasteiger charge is -2.31. The van der Waals surface area contributed by atoms with Gasteiger partial charge in [-0.2, -0.15) is 5.26 Å². The Morgan fingerprint density at radius 3 is 2.85 bits per heavy atom. The van der Waals surface area contributed by atoms with Gasteiger partial charge in [-0.3, -0.25) is 4.79 Å². The molecule has 1 aromatic heterocycles. The van der Waals surface area contributed by atoms with Crippen LogP contribution in [0, 0.1) is 11.3 Å². The number of likely N-dealkylation sites (tertiary alicyclic amines) is 1. The maximum absolute atomic E-state index is 12.6. The van der Waals surface area contributed by atoms with E-state index >= 15 is 0 Å². The summed E-state index contributed by atoms with van der Waals surface area (Å²) in [5, 5.41) is 9.94. The molecule has 1 amide bonds. The summed E-state index contributed by atoms with van der Waals surface area (Å²) in [7, 11) is 0. The molecule has 1 saturated heterocycles. The normalized spacial score (nSPS) is 16.9. The third-order valence-corrected chi connectivity index (χ3v) is 5.98. The van der Waals surface area contributed by atoms with E-state index in [1.54, 1.807) is 35.6 Å². The number of para-hydroxylation sites is 1. The largest absolute Gasteiger partial charge is 0.484 e. The quantitative estimate of drug-likeness (QED) is 0.690. The van der Waals surface area contributed by atoms with Crippen LogP contribution in [-0.4, -0.2) is 35.5 Å². The van der Waals surface area contributed by atoms with Crippen LogP contribution in [0.5, 0.6) is 5.75 Å². The second-order valence-corrected chi connectivity index (χ2v) is 7.69. The fourth-order valence-corrected chi connectivity index (χ4v) is 4.43. The summed E-state index contributed by atoms with van der Waals surface area (Å²) in [6.45, 7) is 1.46. The summed E-state index contributed by atoms with van der Waals surface area (Å²) in [5.74, 6) is 0.877. The van der Waals surface area contributed by atoms with E-state index in [-0.39, 0.29) is 18.4 Å². The zero-order valence-electron chi connectivity index (χ0n) is 14.8. The first-order valence-corrected chi connectivity index (χ1v) is 9.81. The number of carbonyl (C=O) groups is 1. The third-order valence-electron chi connectivity index (χ3n) is 4.78. The number of nitrogens with zero attached hydrogens (tertiary/aromatic N) is 3. The molecule has 4 rings (SSSR count). The van der Waals surface area contributed by atoms with Crippen molar-refractivity contribution in [3.63, 3.8) is 0 Å². The average Bonchev–Trinajstić information content (AvgIpc) is 3.17. The predicted molar refractivity (Wildman–Crippen MR) is 105 cm³/mol. The van der Waals surface area contributed by atoms with Crippen LogP contribution in [0.1, 0.15) is 29.3 Å². The van der Waals surface area contributed by atoms with Gasteiger partial charge in [-0.25, -0.2) is 4.98 Å². The highest BCUT2D eigenvalue weighted by Crippen LogP contribution is 2.33. The summed E-state index contributed by atoms with van der Waals surface area (Å²) >= 11 is 1.72. The monoisotopic (exact) mass is 377 g/mol. The van der Waals surface area contributed by atoms with E-state index in [2.05, 4.69) is 12.1 Å². The fraction of sp³-hybridized carbons (Fsp3) is 0.286. The molecular weight excluding hydrogens is 358 g/mol. The number of carbonyl (C=O) groups excluding carboxylic acids is 1. The van der Waals surface area contributed by atoms with Crippen molar-refractivity contribution in [2.75, 3.05) is 19.7 Å². The van der Waals surface area contributed by atoms with Gasteiger partial charge < -0.3 is 9.64 Å². The van der Waals surface area contributed by atoms with Gasteiger partial charge >= 0.3 is 0 Å². The van der Waals surface area contributed by atoms with Crippen LogP contribution in [-0.2, 0) is 4.79 Å². The van der Waals surface area contributed by atoms with Gasteiger partial charge in [-0.15, -0.1) is 11.3 Å². The Kier molecular flexibility index (Phi) is 5.03. The topological polar surface area (TPSA) is 66.2 Å². The van der Waals surface area contributed by atoms with Crippen LogP contribution in [0.25, 0.3) is 10.2 Å². The van der Waals surface area contributed by atoms with E-state index < -0.39 is 0 Å². The lowest BCUT2D eigenvalue weighted by Crippen LogP contribution is -2.41. The molecule has 2 heterocycles. The van der Waals surface area contributed by atoms with E-state index in [9.17, 15) is 4.79 Å². The van der Waals surface area contributed by atoms with Crippen LogP contribution >= 0.6 is 11.3 Å². The van der Waals surface area contributed by atoms with Crippen LogP contribution in [0.15, 0.2) is 48.5 Å². The molecule has 0 aliphatic carbocycles. The molecule has 27 heavy (non-hydrogen) atoms. The van der Waals surface area contributed by atoms with Crippen molar-refractivity contribution in [3.05, 3.63) is 59.1 Å². The molecule has 136 valence electrons. The summed E-state index contributed by atoms with van der Waals surface area (Å²) in [6.07, 6.45) is 2.03. The van der Waals surface area contributed by atoms with Crippen molar-refractivity contribution in [1.29, 1.82) is 5.26 Å². The molecule has 1 fully saturated rings. The number of piperidine rings is 1. The number of amides is 1. The number of fused-ring (bicyclic) bond motifs is 1. The molecule has 1 aliphatic heterocycles. The number of hydrogen-bond acceptors (Lipinski definition) is 5. The minimum atomic E-state index is -0.00910. The Morgan fingerprint density at radius 2 is 2.07 bits per heavy atom. The van der Waals surface area contributed by atoms with Gasteiger partial charge in [0, 0.05) is 19.0 Å². The van der Waals surface area contributed by atoms with E-state index in [0.29, 0.717) is 17.9 Å². The van der Waals surface area contributed by atoms with E-state index in [4.69, 9.17) is 15.0 Å². The molecule has 0 saturated carbocycles. The van der Waals surface area contributed by atoms with Crippen molar-refractivity contribution >= 4 is 27.5 Å². The van der Waals surface area contributed by atoms with Gasteiger partial charge in [0.15, 0.2) is 6.61 Å². The van der Waals surface area contributed by atoms with E-state index in [0.717, 1.165) is 29.9 Å². The first kappa shape index (κ1) is 17.5. The standard InChI is InChI=1S/C21H19N3O2S/c22-12-15-7-9-17(10-8-15)26-14-20(25)24-11-3-4-16(13-24)21-23-18-5-1-2-6-19(18)27-21/h1-2,5-10,16H,3-4,11,13-14H2. The number of nitriles is 1. The molecule has 6 heteroatoms. The van der Waals surface area contributed by atoms with Crippen LogP contribution in [0.4, 0.5) is 0 Å². The highest BCUT2D eigenvalue weighted by atomic mass is 32.1. The second kappa shape index (κ2) is 7.77. The van der Waals surface area contributed by atoms with Crippen LogP contribution in [0.3, 0.4) is 0 Å². The van der Waals surface area contributed by atoms with Gasteiger partial charge in [-0.05, 0) is 49.2 Å². The van der Waals surface area contributed by atoms with Crippen LogP contribution < -0.4 is 4.74 Å². The smallest absolute Gasteiger partial charge is 0.260 e. The minimum Gasteiger partial charge on any atom is -0.484 e. The molecule has 0 spiro atoms. The lowest BCUT2D eigenvalue weighted by molar-refractivity contribution is -0.134. The summed E-state index contributed by atoms with van der Waals surface area (Å²) in [6, 6.07) is 17.0. The second-order valence-electron chi connectivity index (χ2n) is 6.62. The molecule has 1 aliphatic rings. The van der Waals surface area contributed by atoms with Crippen molar-refractivity contribution in [3.8, 4) is 11.8 Å². The Morgan fingerprint density at radius 1 is 1.26 bits per heavy atom. The van der Waals surface area contributed by atoms with Gasteiger partial charge in [0.25, 0.3) is 5.91 Å². The number of thiazole rings is 1. The molecule has 0 N–H and O–H groups in total. The number of hydrogen-bond donors (Lipinski definition) is 0. The zero-order valence-corrected chi connectivity index (χ0v) is 15.6. The first-order valence-electron chi connectivity index (χ1n) is 8.99. The first-order chi connectivity index (χ1) is 13.2. The van der Waals surface area contributed by atoms with E-state index in [1.165, 1.54) is 4.70 Å². The third kappa shape index (κ3) is 3.93. The van der Waals surface area contributed by atoms with Gasteiger partial charge in [0.05, 0.1) is 26.9 Å². The minimum absolute atomic E-state index is 0.00910. The molecule has 0 bridgehead atoms. The summed E-state index contributed by atoms with van der Waals surface area (Å²) in [5.41, 5.74) is 1.61. The SMILES string of the molecule is N#Cc1ccc(OCC(=O)N2CCCC(c3nc4ccccc4s3)C2)cc1. The fourth-order valence-electron chi connectivity index (χ4n) is 3.33. The number of ether oxygens (including phenoxy) is 1. The van der Waals surface area contributed by atoms with Gasteiger partial charge in [0.2, 0.25) is 0 Å². The van der Waals surface area contributed by atoms with Crippen molar-refractivity contribution in [2.45, 2.75) is 18.8 Å². The average molecular weight is 377 g/mol. The Bertz CT molecular complexity index is 958. The highest BCUT2D eigenvalue weighted by molar-refractivity contribution is 7.18. The number of rotatable bonds is 4. The maximum atomic E-state index is 12.6. The highest BCUT2D eigenvalue weighted by Gasteiger charge is 2.27. The molecule has 5 nitrogen and oxygen atoms in total. The molecule has 1 atom stereocenters. The molecule has 0 radical (unpaired) electrons. The number of aromatic nitrogens is 1. The predicted octanol–water partition coefficient (Wildman–Crippen LogP) is 3.95. The zero-order chi connectivity index (χ0) is 18.6. The van der Waals surface area contributed by atoms with Gasteiger partial charge in [0.1, 0.15) is 5.75 Å². The van der Waals surface area contributed by atoms with Crippen molar-refractivity contribution in [1.82, 2.24) is 9.88 Å². The van der Waals surface area contributed by atoms with Gasteiger partial charge in [-0.1, -0.05) is 12.1 Å². The number of benzene rings is 2. The lowest BCUT2D eigenvalue weighted by atomic mass is 9.99. The summed E-state index contributed by atoms with van der Waals surface area (Å²) in [4.78, 5) is 19.2. The Labute approximate surface area is 161 Å². The van der Waals surface area contributed by atoms with Crippen molar-refractivity contribution < 1.29 is 9.53 Å².